The van der Waals surface area contributed by atoms with E-state index in [-0.39, 0.29) is 11.3 Å². The average molecular weight is 352 g/mol. The molecule has 134 valence electrons. The molecule has 1 N–H and O–H groups in total. The number of nitrogens with zero attached hydrogens (tertiary/aromatic N) is 1. The third kappa shape index (κ3) is 5.49. The number of rotatable bonds is 6. The summed E-state index contributed by atoms with van der Waals surface area (Å²) < 4.78 is 43.9. The number of para-hydroxylation sites is 1. The Kier molecular flexibility index (Phi) is 6.03. The molecule has 0 bridgehead atoms. The zero-order valence-corrected chi connectivity index (χ0v) is 13.9. The Morgan fingerprint density at radius 2 is 1.84 bits per heavy atom. The highest BCUT2D eigenvalue weighted by atomic mass is 19.4. The lowest BCUT2D eigenvalue weighted by Crippen LogP contribution is -2.20. The number of nitrogens with one attached hydrogen (secondary N) is 1. The molecule has 0 saturated heterocycles. The largest absolute Gasteiger partial charge is 0.491 e. The van der Waals surface area contributed by atoms with E-state index >= 15 is 0 Å². The van der Waals surface area contributed by atoms with Gasteiger partial charge in [0, 0.05) is 12.2 Å². The molecular formula is C18H19F3N2O2. The summed E-state index contributed by atoms with van der Waals surface area (Å²) in [5.74, 6) is -0.145. The van der Waals surface area contributed by atoms with E-state index in [4.69, 9.17) is 4.74 Å². The lowest BCUT2D eigenvalue weighted by atomic mass is 10.1. The first-order chi connectivity index (χ1) is 11.8. The average Bonchev–Trinajstić information content (AvgIpc) is 2.54. The molecular weight excluding hydrogens is 333 g/mol. The van der Waals surface area contributed by atoms with Gasteiger partial charge >= 0.3 is 6.18 Å². The van der Waals surface area contributed by atoms with Crippen LogP contribution < -0.4 is 10.1 Å². The summed E-state index contributed by atoms with van der Waals surface area (Å²) in [5.41, 5.74) is -0.484. The highest BCUT2D eigenvalue weighted by Crippen LogP contribution is 2.31. The van der Waals surface area contributed by atoms with Gasteiger partial charge in [0.2, 0.25) is 0 Å². The van der Waals surface area contributed by atoms with Gasteiger partial charge in [-0.15, -0.1) is 0 Å². The topological polar surface area (TPSA) is 41.6 Å². The summed E-state index contributed by atoms with van der Waals surface area (Å²) in [5, 5.41) is 2.48. The van der Waals surface area contributed by atoms with Gasteiger partial charge in [0.15, 0.2) is 0 Å². The minimum absolute atomic E-state index is 0.0721. The van der Waals surface area contributed by atoms with Crippen LogP contribution >= 0.6 is 0 Å². The summed E-state index contributed by atoms with van der Waals surface area (Å²) in [4.78, 5) is 14.3. The first-order valence-corrected chi connectivity index (χ1v) is 7.62. The second-order valence-electron chi connectivity index (χ2n) is 5.68. The maximum absolute atomic E-state index is 12.8. The molecule has 1 amide bonds. The Hall–Kier alpha value is -2.54. The standard InChI is InChI=1S/C18H19F3N2O2/c1-23(2)10-11-25-16-9-4-3-8-15(16)17(24)22-14-7-5-6-13(12-14)18(19,20)21/h3-9,12H,10-11H2,1-2H3,(H,22,24). The van der Waals surface area contributed by atoms with Crippen molar-refractivity contribution in [1.29, 1.82) is 0 Å². The van der Waals surface area contributed by atoms with E-state index in [9.17, 15) is 18.0 Å². The number of amides is 1. The number of hydrogen-bond donors (Lipinski definition) is 1. The van der Waals surface area contributed by atoms with Crippen molar-refractivity contribution in [3.8, 4) is 5.75 Å². The predicted molar refractivity (Wildman–Crippen MR) is 89.9 cm³/mol. The fourth-order valence-electron chi connectivity index (χ4n) is 2.09. The molecule has 0 saturated carbocycles. The van der Waals surface area contributed by atoms with Crippen molar-refractivity contribution < 1.29 is 22.7 Å². The quantitative estimate of drug-likeness (QED) is 0.857. The Labute approximate surface area is 144 Å². The van der Waals surface area contributed by atoms with Gasteiger partial charge in [0.25, 0.3) is 5.91 Å². The second-order valence-corrected chi connectivity index (χ2v) is 5.68. The minimum Gasteiger partial charge on any atom is -0.491 e. The van der Waals surface area contributed by atoms with Crippen molar-refractivity contribution in [2.45, 2.75) is 6.18 Å². The smallest absolute Gasteiger partial charge is 0.416 e. The van der Waals surface area contributed by atoms with Crippen molar-refractivity contribution in [1.82, 2.24) is 4.90 Å². The van der Waals surface area contributed by atoms with Crippen LogP contribution in [-0.2, 0) is 6.18 Å². The molecule has 0 aliphatic rings. The zero-order valence-electron chi connectivity index (χ0n) is 13.9. The normalized spacial score (nSPS) is 11.4. The van der Waals surface area contributed by atoms with Crippen LogP contribution in [-0.4, -0.2) is 38.1 Å². The highest BCUT2D eigenvalue weighted by molar-refractivity contribution is 6.06. The van der Waals surface area contributed by atoms with Crippen LogP contribution in [0.25, 0.3) is 0 Å². The lowest BCUT2D eigenvalue weighted by molar-refractivity contribution is -0.137. The van der Waals surface area contributed by atoms with Crippen LogP contribution in [0.3, 0.4) is 0 Å². The number of halogens is 3. The molecule has 2 aromatic carbocycles. The molecule has 4 nitrogen and oxygen atoms in total. The molecule has 0 fully saturated rings. The third-order valence-corrected chi connectivity index (χ3v) is 3.38. The first kappa shape index (κ1) is 18.8. The van der Waals surface area contributed by atoms with Gasteiger partial charge in [-0.3, -0.25) is 4.79 Å². The Bertz CT molecular complexity index is 730. The van der Waals surface area contributed by atoms with Gasteiger partial charge in [0.1, 0.15) is 12.4 Å². The van der Waals surface area contributed by atoms with E-state index in [0.29, 0.717) is 18.9 Å². The SMILES string of the molecule is CN(C)CCOc1ccccc1C(=O)Nc1cccc(C(F)(F)F)c1. The minimum atomic E-state index is -4.46. The van der Waals surface area contributed by atoms with Gasteiger partial charge in [-0.2, -0.15) is 13.2 Å². The van der Waals surface area contributed by atoms with Crippen molar-refractivity contribution in [3.05, 3.63) is 59.7 Å². The molecule has 0 aliphatic heterocycles. The number of anilines is 1. The second kappa shape index (κ2) is 8.02. The van der Waals surface area contributed by atoms with E-state index in [1.165, 1.54) is 12.1 Å². The lowest BCUT2D eigenvalue weighted by Gasteiger charge is -2.14. The van der Waals surface area contributed by atoms with E-state index in [1.54, 1.807) is 24.3 Å². The number of alkyl halides is 3. The molecule has 2 rings (SSSR count). The fourth-order valence-corrected chi connectivity index (χ4v) is 2.09. The monoisotopic (exact) mass is 352 g/mol. The van der Waals surface area contributed by atoms with Crippen LogP contribution in [0.2, 0.25) is 0 Å². The van der Waals surface area contributed by atoms with E-state index < -0.39 is 17.6 Å². The number of hydrogen-bond acceptors (Lipinski definition) is 3. The van der Waals surface area contributed by atoms with Gasteiger partial charge in [-0.25, -0.2) is 0 Å². The number of benzene rings is 2. The van der Waals surface area contributed by atoms with Crippen LogP contribution in [0.5, 0.6) is 5.75 Å². The summed E-state index contributed by atoms with van der Waals surface area (Å²) in [6.45, 7) is 1.06. The molecule has 0 heterocycles. The van der Waals surface area contributed by atoms with Gasteiger partial charge in [-0.05, 0) is 44.4 Å². The van der Waals surface area contributed by atoms with Crippen molar-refractivity contribution in [2.75, 3.05) is 32.6 Å². The Balaban J connectivity index is 2.13. The summed E-state index contributed by atoms with van der Waals surface area (Å²) in [7, 11) is 3.80. The summed E-state index contributed by atoms with van der Waals surface area (Å²) in [6, 6.07) is 11.1. The molecule has 2 aromatic rings. The maximum atomic E-state index is 12.8. The molecule has 0 unspecified atom stereocenters. The number of carbonyl (C=O) groups excluding carboxylic acids is 1. The van der Waals surface area contributed by atoms with Crippen LogP contribution in [0, 0.1) is 0 Å². The predicted octanol–water partition coefficient (Wildman–Crippen LogP) is 3.90. The van der Waals surface area contributed by atoms with Crippen molar-refractivity contribution >= 4 is 11.6 Å². The Morgan fingerprint density at radius 1 is 1.12 bits per heavy atom. The molecule has 0 aliphatic carbocycles. The van der Waals surface area contributed by atoms with Crippen molar-refractivity contribution in [2.24, 2.45) is 0 Å². The zero-order chi connectivity index (χ0) is 18.4. The molecule has 0 aromatic heterocycles. The van der Waals surface area contributed by atoms with Crippen LogP contribution in [0.15, 0.2) is 48.5 Å². The molecule has 7 heteroatoms. The third-order valence-electron chi connectivity index (χ3n) is 3.38. The van der Waals surface area contributed by atoms with Gasteiger partial charge in [-0.1, -0.05) is 18.2 Å². The molecule has 0 spiro atoms. The summed E-state index contributed by atoms with van der Waals surface area (Å²) >= 11 is 0. The first-order valence-electron chi connectivity index (χ1n) is 7.62. The molecule has 0 atom stereocenters. The number of likely N-dealkylation sites (N-methyl/N-ethyl adjacent to an activating group) is 1. The fraction of sp³-hybridized carbons (Fsp3) is 0.278. The highest BCUT2D eigenvalue weighted by Gasteiger charge is 2.30. The molecule has 25 heavy (non-hydrogen) atoms. The molecule has 0 radical (unpaired) electrons. The van der Waals surface area contributed by atoms with E-state index in [1.807, 2.05) is 19.0 Å². The number of ether oxygens (including phenoxy) is 1. The van der Waals surface area contributed by atoms with Gasteiger partial charge < -0.3 is 15.0 Å². The summed E-state index contributed by atoms with van der Waals surface area (Å²) in [6.07, 6.45) is -4.46. The van der Waals surface area contributed by atoms with Crippen molar-refractivity contribution in [3.63, 3.8) is 0 Å². The van der Waals surface area contributed by atoms with E-state index in [0.717, 1.165) is 12.1 Å². The number of carbonyl (C=O) groups is 1. The van der Waals surface area contributed by atoms with Crippen LogP contribution in [0.1, 0.15) is 15.9 Å². The van der Waals surface area contributed by atoms with Gasteiger partial charge in [0.05, 0.1) is 11.1 Å². The maximum Gasteiger partial charge on any atom is 0.416 e. The van der Waals surface area contributed by atoms with E-state index in [2.05, 4.69) is 5.32 Å². The Morgan fingerprint density at radius 3 is 2.52 bits per heavy atom. The van der Waals surface area contributed by atoms with Crippen LogP contribution in [0.4, 0.5) is 18.9 Å².